The van der Waals surface area contributed by atoms with Gasteiger partial charge in [-0.3, -0.25) is 19.3 Å². The smallest absolute Gasteiger partial charge is 0.294 e. The van der Waals surface area contributed by atoms with Crippen LogP contribution >= 0.6 is 11.8 Å². The van der Waals surface area contributed by atoms with Crippen molar-refractivity contribution in [2.45, 2.75) is 52.6 Å². The average molecular weight is 416 g/mol. The molecule has 0 bridgehead atoms. The third-order valence-corrected chi connectivity index (χ3v) is 6.14. The normalized spacial score (nSPS) is 18.6. The molecule has 0 atom stereocenters. The second kappa shape index (κ2) is 9.03. The first-order valence-electron chi connectivity index (χ1n) is 10.2. The van der Waals surface area contributed by atoms with E-state index < -0.39 is 11.1 Å². The number of imide groups is 1. The number of hydrogen-bond donors (Lipinski definition) is 0. The molecule has 0 N–H and O–H groups in total. The second-order valence-electron chi connectivity index (χ2n) is 8.04. The number of hydrogen-bond acceptors (Lipinski definition) is 5. The van der Waals surface area contributed by atoms with Crippen LogP contribution in [0.3, 0.4) is 0 Å². The number of nitrogens with zero attached hydrogens (tertiary/aromatic N) is 3. The Kier molecular flexibility index (Phi) is 6.67. The maximum Gasteiger partial charge on any atom is 0.294 e. The van der Waals surface area contributed by atoms with Crippen molar-refractivity contribution in [3.63, 3.8) is 0 Å². The molecule has 2 aliphatic rings. The predicted octanol–water partition coefficient (Wildman–Crippen LogP) is 3.97. The first-order chi connectivity index (χ1) is 13.8. The van der Waals surface area contributed by atoms with Crippen LogP contribution < -0.4 is 4.90 Å². The summed E-state index contributed by atoms with van der Waals surface area (Å²) in [5, 5.41) is -0.393. The molecule has 1 aromatic carbocycles. The number of rotatable bonds is 6. The highest BCUT2D eigenvalue weighted by Crippen LogP contribution is 2.32. The fourth-order valence-electron chi connectivity index (χ4n) is 3.93. The van der Waals surface area contributed by atoms with Gasteiger partial charge >= 0.3 is 0 Å². The van der Waals surface area contributed by atoms with E-state index in [1.165, 1.54) is 18.5 Å². The lowest BCUT2D eigenvalue weighted by Crippen LogP contribution is -2.48. The topological polar surface area (TPSA) is 60.9 Å². The molecule has 0 saturated carbocycles. The summed E-state index contributed by atoms with van der Waals surface area (Å²) in [6, 6.07) is 8.04. The van der Waals surface area contributed by atoms with Crippen molar-refractivity contribution in [3.05, 3.63) is 34.7 Å². The zero-order chi connectivity index (χ0) is 21.1. The van der Waals surface area contributed by atoms with Gasteiger partial charge in [0, 0.05) is 30.9 Å². The Labute approximate surface area is 176 Å². The molecule has 0 unspecified atom stereocenters. The summed E-state index contributed by atoms with van der Waals surface area (Å²) < 4.78 is 0. The maximum atomic E-state index is 12.7. The minimum absolute atomic E-state index is 0.00657. The van der Waals surface area contributed by atoms with E-state index in [4.69, 9.17) is 0 Å². The van der Waals surface area contributed by atoms with Gasteiger partial charge in [-0.05, 0) is 76.1 Å². The van der Waals surface area contributed by atoms with Gasteiger partial charge in [-0.25, -0.2) is 0 Å². The largest absolute Gasteiger partial charge is 0.372 e. The minimum Gasteiger partial charge on any atom is -0.372 e. The van der Waals surface area contributed by atoms with Crippen LogP contribution in [0.5, 0.6) is 0 Å². The standard InChI is InChI=1S/C22H29N3O3S/c1-15(2)25(16(3)4)20(26)14-24-21(27)19(29-22(24)28)13-17-7-9-18(10-8-17)23-11-5-6-12-23/h7-10,13,15-16H,5-6,11-12,14H2,1-4H3/b19-13-. The highest BCUT2D eigenvalue weighted by atomic mass is 32.2. The average Bonchev–Trinajstić information content (AvgIpc) is 3.27. The Morgan fingerprint density at radius 2 is 1.66 bits per heavy atom. The van der Waals surface area contributed by atoms with Gasteiger partial charge in [0.25, 0.3) is 11.1 Å². The summed E-state index contributed by atoms with van der Waals surface area (Å²) in [4.78, 5) is 43.2. The molecule has 7 heteroatoms. The van der Waals surface area contributed by atoms with Crippen LogP contribution in [0, 0.1) is 0 Å². The molecule has 2 aliphatic heterocycles. The van der Waals surface area contributed by atoms with E-state index in [9.17, 15) is 14.4 Å². The molecule has 1 aromatic rings. The number of carbonyl (C=O) groups excluding carboxylic acids is 3. The first kappa shape index (κ1) is 21.4. The van der Waals surface area contributed by atoms with Gasteiger partial charge in [-0.1, -0.05) is 12.1 Å². The summed E-state index contributed by atoms with van der Waals surface area (Å²) in [6.45, 7) is 9.65. The van der Waals surface area contributed by atoms with Gasteiger partial charge in [0.05, 0.1) is 4.91 Å². The molecule has 0 radical (unpaired) electrons. The number of carbonyl (C=O) groups is 3. The molecule has 6 nitrogen and oxygen atoms in total. The van der Waals surface area contributed by atoms with Gasteiger partial charge in [0.15, 0.2) is 0 Å². The van der Waals surface area contributed by atoms with Crippen molar-refractivity contribution in [2.75, 3.05) is 24.5 Å². The van der Waals surface area contributed by atoms with Crippen LogP contribution in [-0.2, 0) is 9.59 Å². The minimum atomic E-state index is -0.399. The van der Waals surface area contributed by atoms with Crippen molar-refractivity contribution in [2.24, 2.45) is 0 Å². The molecule has 2 heterocycles. The van der Waals surface area contributed by atoms with Crippen LogP contribution in [0.25, 0.3) is 6.08 Å². The predicted molar refractivity (Wildman–Crippen MR) is 118 cm³/mol. The zero-order valence-corrected chi connectivity index (χ0v) is 18.4. The van der Waals surface area contributed by atoms with E-state index in [1.807, 2.05) is 52.0 Å². The van der Waals surface area contributed by atoms with E-state index in [0.717, 1.165) is 35.3 Å². The molecule has 29 heavy (non-hydrogen) atoms. The molecule has 0 aromatic heterocycles. The fraction of sp³-hybridized carbons (Fsp3) is 0.500. The monoisotopic (exact) mass is 415 g/mol. The molecule has 0 spiro atoms. The summed E-state index contributed by atoms with van der Waals surface area (Å²) in [5.74, 6) is -0.613. The van der Waals surface area contributed by atoms with Gasteiger partial charge in [-0.15, -0.1) is 0 Å². The second-order valence-corrected chi connectivity index (χ2v) is 9.04. The lowest BCUT2D eigenvalue weighted by Gasteiger charge is -2.31. The van der Waals surface area contributed by atoms with Gasteiger partial charge in [0.1, 0.15) is 6.54 Å². The molecule has 3 amide bonds. The third-order valence-electron chi connectivity index (χ3n) is 5.23. The highest BCUT2D eigenvalue weighted by molar-refractivity contribution is 8.18. The Balaban J connectivity index is 1.70. The van der Waals surface area contributed by atoms with E-state index >= 15 is 0 Å². The first-order valence-corrected chi connectivity index (χ1v) is 11.0. The Morgan fingerprint density at radius 3 is 2.21 bits per heavy atom. The van der Waals surface area contributed by atoms with Crippen LogP contribution in [0.4, 0.5) is 10.5 Å². The van der Waals surface area contributed by atoms with Crippen LogP contribution in [0.15, 0.2) is 29.2 Å². The van der Waals surface area contributed by atoms with Gasteiger partial charge in [0.2, 0.25) is 5.91 Å². The maximum absolute atomic E-state index is 12.7. The molecule has 2 fully saturated rings. The van der Waals surface area contributed by atoms with Crippen LogP contribution in [0.2, 0.25) is 0 Å². The van der Waals surface area contributed by atoms with Crippen molar-refractivity contribution >= 4 is 40.6 Å². The van der Waals surface area contributed by atoms with Crippen LogP contribution in [0.1, 0.15) is 46.1 Å². The number of benzene rings is 1. The fourth-order valence-corrected chi connectivity index (χ4v) is 4.77. The summed E-state index contributed by atoms with van der Waals surface area (Å²) >= 11 is 0.894. The molecule has 3 rings (SSSR count). The molecule has 0 aliphatic carbocycles. The van der Waals surface area contributed by atoms with Crippen LogP contribution in [-0.4, -0.2) is 58.6 Å². The van der Waals surface area contributed by atoms with E-state index in [1.54, 1.807) is 11.0 Å². The zero-order valence-electron chi connectivity index (χ0n) is 17.6. The molecular weight excluding hydrogens is 386 g/mol. The van der Waals surface area contributed by atoms with E-state index in [-0.39, 0.29) is 24.5 Å². The summed E-state index contributed by atoms with van der Waals surface area (Å²) in [5.41, 5.74) is 2.05. The lowest BCUT2D eigenvalue weighted by atomic mass is 10.1. The SMILES string of the molecule is CC(C)N(C(=O)CN1C(=O)S/C(=C\c2ccc(N3CCCC3)cc2)C1=O)C(C)C. The quantitative estimate of drug-likeness (QED) is 0.658. The van der Waals surface area contributed by atoms with Crippen molar-refractivity contribution in [1.82, 2.24) is 9.80 Å². The lowest BCUT2D eigenvalue weighted by molar-refractivity contribution is -0.138. The molecule has 2 saturated heterocycles. The van der Waals surface area contributed by atoms with Crippen molar-refractivity contribution in [1.29, 1.82) is 0 Å². The number of thioether (sulfide) groups is 1. The molecular formula is C22H29N3O3S. The third kappa shape index (κ3) is 4.83. The Bertz CT molecular complexity index is 803. The van der Waals surface area contributed by atoms with E-state index in [0.29, 0.717) is 4.91 Å². The molecule has 156 valence electrons. The van der Waals surface area contributed by atoms with Gasteiger partial charge < -0.3 is 9.80 Å². The van der Waals surface area contributed by atoms with E-state index in [2.05, 4.69) is 4.90 Å². The van der Waals surface area contributed by atoms with Crippen molar-refractivity contribution in [3.8, 4) is 0 Å². The van der Waals surface area contributed by atoms with Gasteiger partial charge in [-0.2, -0.15) is 0 Å². The number of amides is 3. The Hall–Kier alpha value is -2.28. The van der Waals surface area contributed by atoms with Crippen molar-refractivity contribution < 1.29 is 14.4 Å². The Morgan fingerprint density at radius 1 is 1.07 bits per heavy atom. The summed E-state index contributed by atoms with van der Waals surface area (Å²) in [6.07, 6.45) is 4.17. The number of anilines is 1. The summed E-state index contributed by atoms with van der Waals surface area (Å²) in [7, 11) is 0. The highest BCUT2D eigenvalue weighted by Gasteiger charge is 2.37.